The van der Waals surface area contributed by atoms with Crippen molar-refractivity contribution in [3.05, 3.63) is 205 Å². The summed E-state index contributed by atoms with van der Waals surface area (Å²) in [4.78, 5) is 0. The van der Waals surface area contributed by atoms with Gasteiger partial charge in [-0.25, -0.2) is 0 Å². The average molecular weight is 763 g/mol. The Bertz CT molecular complexity index is 3740. The fourth-order valence-corrected chi connectivity index (χ4v) is 11.0. The summed E-state index contributed by atoms with van der Waals surface area (Å²) in [7, 11) is 0. The van der Waals surface area contributed by atoms with Gasteiger partial charge in [-0.15, -0.1) is 0 Å². The van der Waals surface area contributed by atoms with Crippen molar-refractivity contribution in [1.29, 1.82) is 0 Å². The van der Waals surface area contributed by atoms with Gasteiger partial charge in [0.2, 0.25) is 0 Å². The van der Waals surface area contributed by atoms with Crippen molar-refractivity contribution in [2.75, 3.05) is 0 Å². The Balaban J connectivity index is 1.06. The van der Waals surface area contributed by atoms with E-state index >= 15 is 0 Å². The van der Waals surface area contributed by atoms with Gasteiger partial charge in [-0.2, -0.15) is 0 Å². The van der Waals surface area contributed by atoms with E-state index in [4.69, 9.17) is 4.42 Å². The van der Waals surface area contributed by atoms with Crippen molar-refractivity contribution in [1.82, 2.24) is 0 Å². The minimum atomic E-state index is -0.0903. The number of fused-ring (bicyclic) bond motifs is 12. The molecule has 280 valence electrons. The Labute approximate surface area is 347 Å². The predicted molar refractivity (Wildman–Crippen MR) is 255 cm³/mol. The second-order valence-corrected chi connectivity index (χ2v) is 17.1. The molecule has 0 spiro atoms. The first-order chi connectivity index (χ1) is 29.5. The lowest BCUT2D eigenvalue weighted by atomic mass is 9.82. The van der Waals surface area contributed by atoms with Crippen LogP contribution < -0.4 is 0 Å². The SMILES string of the molecule is CC1(C)c2ccccc2-c2cc3oc4cc(-c5ccc(-c6c7ccccc7c(-c7cccc8ccccc78)c7ccccc67)c6ccccc56)c5ccccc5c4c3cc21. The van der Waals surface area contributed by atoms with E-state index in [2.05, 4.69) is 208 Å². The zero-order valence-electron chi connectivity index (χ0n) is 33.4. The van der Waals surface area contributed by atoms with Crippen LogP contribution in [0.2, 0.25) is 0 Å². The molecule has 0 radical (unpaired) electrons. The molecule has 1 heterocycles. The first-order valence-electron chi connectivity index (χ1n) is 21.0. The monoisotopic (exact) mass is 762 g/mol. The van der Waals surface area contributed by atoms with Crippen LogP contribution in [0.5, 0.6) is 0 Å². The van der Waals surface area contributed by atoms with E-state index in [9.17, 15) is 0 Å². The summed E-state index contributed by atoms with van der Waals surface area (Å²) in [6.07, 6.45) is 0. The van der Waals surface area contributed by atoms with E-state index in [1.807, 2.05) is 0 Å². The molecule has 1 heteroatoms. The molecule has 13 rings (SSSR count). The third-order valence-electron chi connectivity index (χ3n) is 13.7. The largest absolute Gasteiger partial charge is 0.456 e. The lowest BCUT2D eigenvalue weighted by molar-refractivity contribution is 0.658. The highest BCUT2D eigenvalue weighted by Gasteiger charge is 2.36. The van der Waals surface area contributed by atoms with Crippen LogP contribution >= 0.6 is 0 Å². The molecule has 0 unspecified atom stereocenters. The van der Waals surface area contributed by atoms with Gasteiger partial charge in [-0.1, -0.05) is 190 Å². The third kappa shape index (κ3) is 4.52. The second-order valence-electron chi connectivity index (χ2n) is 17.1. The smallest absolute Gasteiger partial charge is 0.136 e. The summed E-state index contributed by atoms with van der Waals surface area (Å²) in [5, 5.41) is 14.8. The van der Waals surface area contributed by atoms with Gasteiger partial charge in [0.15, 0.2) is 0 Å². The molecule has 0 saturated heterocycles. The molecule has 1 nitrogen and oxygen atoms in total. The topological polar surface area (TPSA) is 13.1 Å². The van der Waals surface area contributed by atoms with Crippen LogP contribution in [0.1, 0.15) is 25.0 Å². The van der Waals surface area contributed by atoms with Crippen molar-refractivity contribution in [2.45, 2.75) is 19.3 Å². The summed E-state index contributed by atoms with van der Waals surface area (Å²) in [5.41, 5.74) is 14.5. The highest BCUT2D eigenvalue weighted by atomic mass is 16.3. The van der Waals surface area contributed by atoms with Crippen LogP contribution in [0, 0.1) is 0 Å². The number of furan rings is 1. The molecule has 60 heavy (non-hydrogen) atoms. The summed E-state index contributed by atoms with van der Waals surface area (Å²) >= 11 is 0. The molecular weight excluding hydrogens is 725 g/mol. The van der Waals surface area contributed by atoms with Crippen molar-refractivity contribution in [3.8, 4) is 44.5 Å². The van der Waals surface area contributed by atoms with Gasteiger partial charge in [-0.3, -0.25) is 0 Å². The quantitative estimate of drug-likeness (QED) is 0.163. The molecule has 0 atom stereocenters. The van der Waals surface area contributed by atoms with Gasteiger partial charge in [0.25, 0.3) is 0 Å². The van der Waals surface area contributed by atoms with E-state index < -0.39 is 0 Å². The fraction of sp³-hybridized carbons (Fsp3) is 0.0508. The van der Waals surface area contributed by atoms with E-state index in [1.165, 1.54) is 120 Å². The Morgan fingerprint density at radius 2 is 0.767 bits per heavy atom. The van der Waals surface area contributed by atoms with Crippen LogP contribution in [-0.2, 0) is 5.41 Å². The predicted octanol–water partition coefficient (Wildman–Crippen LogP) is 16.7. The molecule has 0 N–H and O–H groups in total. The fourth-order valence-electron chi connectivity index (χ4n) is 11.0. The minimum absolute atomic E-state index is 0.0903. The highest BCUT2D eigenvalue weighted by molar-refractivity contribution is 6.27. The maximum atomic E-state index is 6.91. The molecule has 0 bridgehead atoms. The van der Waals surface area contributed by atoms with Crippen LogP contribution in [-0.4, -0.2) is 0 Å². The standard InChI is InChI=1S/C59H38O/c1-59(2)52-29-14-13-22-41(52)50-34-54-51(32-53(50)59)58-43-23-8-7-21-39(43)49(33-55(58)60-54)40-30-31-48(38-20-6-5-19-37(38)40)57-46-26-11-9-24-44(46)56(45-25-10-12-27-47(45)57)42-28-15-17-35-16-3-4-18-36(35)42/h3-34H,1-2H3. The Hall–Kier alpha value is -7.48. The number of rotatable bonds is 3. The first-order valence-corrected chi connectivity index (χ1v) is 21.0. The maximum Gasteiger partial charge on any atom is 0.136 e. The molecule has 0 fully saturated rings. The normalized spacial score (nSPS) is 13.3. The third-order valence-corrected chi connectivity index (χ3v) is 13.7. The first kappa shape index (κ1) is 33.5. The number of benzene rings is 11. The van der Waals surface area contributed by atoms with Gasteiger partial charge in [-0.05, 0) is 128 Å². The summed E-state index contributed by atoms with van der Waals surface area (Å²) in [6.45, 7) is 4.70. The second kappa shape index (κ2) is 12.3. The molecule has 12 aromatic rings. The zero-order valence-corrected chi connectivity index (χ0v) is 33.4. The van der Waals surface area contributed by atoms with Crippen LogP contribution in [0.3, 0.4) is 0 Å². The Kier molecular flexibility index (Phi) is 6.85. The summed E-state index contributed by atoms with van der Waals surface area (Å²) in [6, 6.07) is 71.8. The van der Waals surface area contributed by atoms with Gasteiger partial charge >= 0.3 is 0 Å². The molecule has 1 aromatic heterocycles. The van der Waals surface area contributed by atoms with E-state index in [0.717, 1.165) is 11.2 Å². The number of hydrogen-bond donors (Lipinski definition) is 0. The van der Waals surface area contributed by atoms with Gasteiger partial charge in [0.1, 0.15) is 11.2 Å². The number of hydrogen-bond acceptors (Lipinski definition) is 1. The van der Waals surface area contributed by atoms with Crippen molar-refractivity contribution in [2.24, 2.45) is 0 Å². The lowest BCUT2D eigenvalue weighted by Gasteiger charge is -2.21. The zero-order chi connectivity index (χ0) is 39.7. The molecule has 0 amide bonds. The molecular formula is C59H38O. The van der Waals surface area contributed by atoms with Crippen LogP contribution in [0.15, 0.2) is 199 Å². The van der Waals surface area contributed by atoms with Crippen molar-refractivity contribution < 1.29 is 4.42 Å². The van der Waals surface area contributed by atoms with E-state index in [1.54, 1.807) is 0 Å². The molecule has 11 aromatic carbocycles. The van der Waals surface area contributed by atoms with Gasteiger partial charge in [0, 0.05) is 16.2 Å². The lowest BCUT2D eigenvalue weighted by Crippen LogP contribution is -2.14. The van der Waals surface area contributed by atoms with E-state index in [0.29, 0.717) is 0 Å². The van der Waals surface area contributed by atoms with Crippen molar-refractivity contribution >= 4 is 75.8 Å². The molecule has 0 aliphatic heterocycles. The van der Waals surface area contributed by atoms with Gasteiger partial charge < -0.3 is 4.42 Å². The van der Waals surface area contributed by atoms with Crippen molar-refractivity contribution in [3.63, 3.8) is 0 Å². The molecule has 0 saturated carbocycles. The molecule has 1 aliphatic rings. The van der Waals surface area contributed by atoms with E-state index in [-0.39, 0.29) is 5.41 Å². The Morgan fingerprint density at radius 3 is 1.45 bits per heavy atom. The molecule has 1 aliphatic carbocycles. The highest BCUT2D eigenvalue weighted by Crippen LogP contribution is 2.53. The minimum Gasteiger partial charge on any atom is -0.456 e. The maximum absolute atomic E-state index is 6.91. The van der Waals surface area contributed by atoms with Crippen LogP contribution in [0.4, 0.5) is 0 Å². The van der Waals surface area contributed by atoms with Crippen LogP contribution in [0.25, 0.3) is 120 Å². The summed E-state index contributed by atoms with van der Waals surface area (Å²) < 4.78 is 6.91. The average Bonchev–Trinajstić information content (AvgIpc) is 3.77. The Morgan fingerprint density at radius 1 is 0.300 bits per heavy atom. The summed E-state index contributed by atoms with van der Waals surface area (Å²) in [5.74, 6) is 0. The van der Waals surface area contributed by atoms with Gasteiger partial charge in [0.05, 0.1) is 0 Å².